The van der Waals surface area contributed by atoms with Crippen molar-refractivity contribution in [1.29, 1.82) is 5.26 Å². The second-order valence-electron chi connectivity index (χ2n) is 4.71. The largest absolute Gasteiger partial charge is 0.280 e. The molecule has 0 aliphatic carbocycles. The van der Waals surface area contributed by atoms with E-state index >= 15 is 0 Å². The van der Waals surface area contributed by atoms with Gasteiger partial charge in [-0.3, -0.25) is 4.40 Å². The Kier molecular flexibility index (Phi) is 3.20. The summed E-state index contributed by atoms with van der Waals surface area (Å²) in [5.74, 6) is 0.691. The number of pyridine rings is 1. The van der Waals surface area contributed by atoms with Crippen LogP contribution < -0.4 is 0 Å². The Hall–Kier alpha value is -3.00. The van der Waals surface area contributed by atoms with Crippen LogP contribution in [0, 0.1) is 25.2 Å². The third-order valence-electron chi connectivity index (χ3n) is 3.26. The fraction of sp³-hybridized carbons (Fsp3) is 0.125. The number of aromatic nitrogens is 2. The average molecular weight is 275 g/mol. The third-order valence-corrected chi connectivity index (χ3v) is 3.26. The van der Waals surface area contributed by atoms with E-state index in [2.05, 4.69) is 21.3 Å². The van der Waals surface area contributed by atoms with Crippen molar-refractivity contribution >= 4 is 17.2 Å². The summed E-state index contributed by atoms with van der Waals surface area (Å²) in [5.41, 5.74) is 3.75. The molecule has 102 valence electrons. The Bertz CT molecular complexity index is 883. The lowest BCUT2D eigenvalue weighted by Crippen LogP contribution is -1.89. The van der Waals surface area contributed by atoms with E-state index in [-0.39, 0.29) is 0 Å². The molecule has 3 aromatic rings. The summed E-state index contributed by atoms with van der Waals surface area (Å²) in [5, 5.41) is 17.6. The molecule has 0 amide bonds. The molecule has 0 unspecified atom stereocenters. The van der Waals surface area contributed by atoms with Gasteiger partial charge in [-0.05, 0) is 38.1 Å². The highest BCUT2D eigenvalue weighted by Crippen LogP contribution is 2.26. The van der Waals surface area contributed by atoms with Gasteiger partial charge in [-0.1, -0.05) is 18.2 Å². The van der Waals surface area contributed by atoms with Crippen LogP contribution in [-0.2, 0) is 0 Å². The molecule has 0 aliphatic rings. The van der Waals surface area contributed by atoms with E-state index < -0.39 is 0 Å². The van der Waals surface area contributed by atoms with Crippen molar-refractivity contribution in [3.8, 4) is 6.07 Å². The Morgan fingerprint density at radius 2 is 1.86 bits per heavy atom. The third kappa shape index (κ3) is 2.28. The van der Waals surface area contributed by atoms with Crippen molar-refractivity contribution < 1.29 is 0 Å². The standard InChI is InChI=1S/C16H13N5/c1-11-6-5-9-15-18-12(2)16(21(11)15)20-19-14-8-4-3-7-13(14)10-17/h3-9H,1-2H3. The van der Waals surface area contributed by atoms with Gasteiger partial charge in [-0.2, -0.15) is 5.26 Å². The second-order valence-corrected chi connectivity index (χ2v) is 4.71. The molecule has 3 rings (SSSR count). The number of fused-ring (bicyclic) bond motifs is 1. The first kappa shape index (κ1) is 13.0. The number of benzene rings is 1. The van der Waals surface area contributed by atoms with Crippen LogP contribution in [-0.4, -0.2) is 9.38 Å². The fourth-order valence-electron chi connectivity index (χ4n) is 2.22. The molecule has 1 aromatic carbocycles. The normalized spacial score (nSPS) is 11.1. The summed E-state index contributed by atoms with van der Waals surface area (Å²) < 4.78 is 1.95. The van der Waals surface area contributed by atoms with Crippen LogP contribution in [0.15, 0.2) is 52.7 Å². The molecule has 5 heteroatoms. The molecule has 2 aromatic heterocycles. The lowest BCUT2D eigenvalue weighted by molar-refractivity contribution is 1.04. The lowest BCUT2D eigenvalue weighted by Gasteiger charge is -2.01. The Labute approximate surface area is 122 Å². The summed E-state index contributed by atoms with van der Waals surface area (Å²) in [6.07, 6.45) is 0. The molecular weight excluding hydrogens is 262 g/mol. The number of azo groups is 1. The van der Waals surface area contributed by atoms with Gasteiger partial charge in [0.25, 0.3) is 0 Å². The van der Waals surface area contributed by atoms with Crippen LogP contribution in [0.25, 0.3) is 5.65 Å². The van der Waals surface area contributed by atoms with Crippen molar-refractivity contribution in [2.45, 2.75) is 13.8 Å². The maximum absolute atomic E-state index is 9.08. The lowest BCUT2D eigenvalue weighted by atomic mass is 10.2. The molecule has 0 atom stereocenters. The minimum atomic E-state index is 0.504. The second kappa shape index (κ2) is 5.17. The SMILES string of the molecule is Cc1nc2cccc(C)n2c1N=Nc1ccccc1C#N. The van der Waals surface area contributed by atoms with Gasteiger partial charge in [0.1, 0.15) is 17.4 Å². The smallest absolute Gasteiger partial charge is 0.182 e. The van der Waals surface area contributed by atoms with E-state index in [0.717, 1.165) is 17.0 Å². The monoisotopic (exact) mass is 275 g/mol. The maximum Gasteiger partial charge on any atom is 0.182 e. The van der Waals surface area contributed by atoms with E-state index in [4.69, 9.17) is 5.26 Å². The molecule has 0 radical (unpaired) electrons. The molecule has 0 aliphatic heterocycles. The predicted octanol–water partition coefficient (Wildman–Crippen LogP) is 4.24. The highest BCUT2D eigenvalue weighted by atomic mass is 15.2. The van der Waals surface area contributed by atoms with Crippen LogP contribution in [0.1, 0.15) is 17.0 Å². The van der Waals surface area contributed by atoms with Gasteiger partial charge in [0.15, 0.2) is 5.82 Å². The highest BCUT2D eigenvalue weighted by Gasteiger charge is 2.09. The van der Waals surface area contributed by atoms with E-state index in [1.54, 1.807) is 18.2 Å². The quantitative estimate of drug-likeness (QED) is 0.656. The van der Waals surface area contributed by atoms with Crippen molar-refractivity contribution in [2.75, 3.05) is 0 Å². The Morgan fingerprint density at radius 1 is 1.05 bits per heavy atom. The van der Waals surface area contributed by atoms with Crippen LogP contribution in [0.3, 0.4) is 0 Å². The van der Waals surface area contributed by atoms with Crippen LogP contribution in [0.2, 0.25) is 0 Å². The molecule has 0 saturated carbocycles. The zero-order valence-electron chi connectivity index (χ0n) is 11.8. The number of imidazole rings is 1. The number of aryl methyl sites for hydroxylation is 2. The summed E-state index contributed by atoms with van der Waals surface area (Å²) in [7, 11) is 0. The summed E-state index contributed by atoms with van der Waals surface area (Å²) >= 11 is 0. The van der Waals surface area contributed by atoms with Gasteiger partial charge in [0.2, 0.25) is 0 Å². The number of nitriles is 1. The number of hydrogen-bond donors (Lipinski definition) is 0. The van der Waals surface area contributed by atoms with E-state index in [1.807, 2.05) is 42.5 Å². The number of hydrogen-bond acceptors (Lipinski definition) is 4. The Balaban J connectivity index is 2.12. The van der Waals surface area contributed by atoms with Gasteiger partial charge in [-0.15, -0.1) is 10.2 Å². The summed E-state index contributed by atoms with van der Waals surface area (Å²) in [4.78, 5) is 4.47. The van der Waals surface area contributed by atoms with Gasteiger partial charge >= 0.3 is 0 Å². The molecule has 0 spiro atoms. The van der Waals surface area contributed by atoms with E-state index in [0.29, 0.717) is 17.1 Å². The highest BCUT2D eigenvalue weighted by molar-refractivity contribution is 5.55. The van der Waals surface area contributed by atoms with Gasteiger partial charge in [-0.25, -0.2) is 4.98 Å². The summed E-state index contributed by atoms with van der Waals surface area (Å²) in [6.45, 7) is 3.90. The van der Waals surface area contributed by atoms with Gasteiger partial charge in [0.05, 0.1) is 11.3 Å². The zero-order chi connectivity index (χ0) is 14.8. The maximum atomic E-state index is 9.08. The minimum Gasteiger partial charge on any atom is -0.280 e. The van der Waals surface area contributed by atoms with Gasteiger partial charge < -0.3 is 0 Å². The number of nitrogens with zero attached hydrogens (tertiary/aromatic N) is 5. The molecule has 2 heterocycles. The molecule has 21 heavy (non-hydrogen) atoms. The first-order chi connectivity index (χ1) is 10.2. The van der Waals surface area contributed by atoms with Crippen LogP contribution >= 0.6 is 0 Å². The van der Waals surface area contributed by atoms with E-state index in [9.17, 15) is 0 Å². The topological polar surface area (TPSA) is 65.8 Å². The number of rotatable bonds is 2. The molecule has 0 saturated heterocycles. The van der Waals surface area contributed by atoms with Crippen molar-refractivity contribution in [3.63, 3.8) is 0 Å². The first-order valence-corrected chi connectivity index (χ1v) is 6.56. The van der Waals surface area contributed by atoms with Crippen molar-refractivity contribution in [2.24, 2.45) is 10.2 Å². The molecule has 5 nitrogen and oxygen atoms in total. The zero-order valence-corrected chi connectivity index (χ0v) is 11.8. The average Bonchev–Trinajstić information content (AvgIpc) is 2.82. The Morgan fingerprint density at radius 3 is 2.67 bits per heavy atom. The van der Waals surface area contributed by atoms with Gasteiger partial charge in [0, 0.05) is 5.69 Å². The minimum absolute atomic E-state index is 0.504. The van der Waals surface area contributed by atoms with Crippen LogP contribution in [0.4, 0.5) is 11.5 Å². The predicted molar refractivity (Wildman–Crippen MR) is 80.0 cm³/mol. The summed E-state index contributed by atoms with van der Waals surface area (Å²) in [6, 6.07) is 15.1. The van der Waals surface area contributed by atoms with E-state index in [1.165, 1.54) is 0 Å². The fourth-order valence-corrected chi connectivity index (χ4v) is 2.22. The van der Waals surface area contributed by atoms with Crippen molar-refractivity contribution in [1.82, 2.24) is 9.38 Å². The molecule has 0 N–H and O–H groups in total. The molecule has 0 bridgehead atoms. The first-order valence-electron chi connectivity index (χ1n) is 6.56. The van der Waals surface area contributed by atoms with Crippen LogP contribution in [0.5, 0.6) is 0 Å². The van der Waals surface area contributed by atoms with Crippen molar-refractivity contribution in [3.05, 3.63) is 59.4 Å². The molecular formula is C16H13N5. The molecule has 0 fully saturated rings.